The fourth-order valence-electron chi connectivity index (χ4n) is 3.64. The summed E-state index contributed by atoms with van der Waals surface area (Å²) in [6.45, 7) is 3.09. The van der Waals surface area contributed by atoms with Crippen molar-refractivity contribution >= 4 is 0 Å². The summed E-state index contributed by atoms with van der Waals surface area (Å²) >= 11 is 0. The lowest BCUT2D eigenvalue weighted by molar-refractivity contribution is -0.155. The number of nitrogens with one attached hydrogen (secondary N) is 1. The van der Waals surface area contributed by atoms with E-state index in [0.29, 0.717) is 12.5 Å². The van der Waals surface area contributed by atoms with Crippen LogP contribution in [0.1, 0.15) is 25.7 Å². The summed E-state index contributed by atoms with van der Waals surface area (Å²) in [5, 5.41) is 23.5. The highest BCUT2D eigenvalue weighted by Crippen LogP contribution is 2.40. The number of rotatable bonds is 2. The number of aliphatic hydroxyl groups excluding tert-OH is 1. The van der Waals surface area contributed by atoms with E-state index in [4.69, 9.17) is 0 Å². The van der Waals surface area contributed by atoms with Crippen LogP contribution >= 0.6 is 0 Å². The van der Waals surface area contributed by atoms with Crippen LogP contribution in [0, 0.1) is 5.92 Å². The Labute approximate surface area is 96.6 Å². The number of hydrogen-bond donors (Lipinski definition) is 3. The van der Waals surface area contributed by atoms with Crippen LogP contribution in [0.4, 0.5) is 0 Å². The summed E-state index contributed by atoms with van der Waals surface area (Å²) in [7, 11) is 0. The Kier molecular flexibility index (Phi) is 2.70. The van der Waals surface area contributed by atoms with Crippen LogP contribution < -0.4 is 5.32 Å². The maximum atomic E-state index is 10.5. The van der Waals surface area contributed by atoms with Crippen LogP contribution in [-0.4, -0.2) is 59.0 Å². The number of nitrogens with zero attached hydrogens (tertiary/aromatic N) is 1. The zero-order chi connectivity index (χ0) is 11.2. The van der Waals surface area contributed by atoms with Gasteiger partial charge in [0, 0.05) is 32.2 Å². The molecular formula is C12H22N2O2. The molecule has 16 heavy (non-hydrogen) atoms. The Balaban J connectivity index is 1.56. The van der Waals surface area contributed by atoms with Gasteiger partial charge in [0.2, 0.25) is 0 Å². The highest BCUT2D eigenvalue weighted by atomic mass is 16.3. The van der Waals surface area contributed by atoms with E-state index in [1.165, 1.54) is 25.7 Å². The van der Waals surface area contributed by atoms with Gasteiger partial charge >= 0.3 is 0 Å². The lowest BCUT2D eigenvalue weighted by atomic mass is 9.78. The maximum Gasteiger partial charge on any atom is 0.0928 e. The van der Waals surface area contributed by atoms with E-state index in [2.05, 4.69) is 10.2 Å². The Morgan fingerprint density at radius 3 is 2.38 bits per heavy atom. The molecule has 0 radical (unpaired) electrons. The molecule has 3 rings (SSSR count). The van der Waals surface area contributed by atoms with Crippen molar-refractivity contribution in [1.82, 2.24) is 10.2 Å². The lowest BCUT2D eigenvalue weighted by Crippen LogP contribution is -2.69. The highest BCUT2D eigenvalue weighted by Gasteiger charge is 2.51. The molecular weight excluding hydrogens is 204 g/mol. The number of β-amino-alcohol motifs (C(OH)–C–C–N with tert-alkyl or cyclic N) is 2. The third-order valence-corrected chi connectivity index (χ3v) is 4.69. The Morgan fingerprint density at radius 1 is 1.12 bits per heavy atom. The predicted molar refractivity (Wildman–Crippen MR) is 61.1 cm³/mol. The van der Waals surface area contributed by atoms with Crippen LogP contribution in [0.25, 0.3) is 0 Å². The monoisotopic (exact) mass is 226 g/mol. The molecule has 0 aromatic heterocycles. The predicted octanol–water partition coefficient (Wildman–Crippen LogP) is -0.444. The van der Waals surface area contributed by atoms with Crippen LogP contribution in [0.15, 0.2) is 0 Å². The zero-order valence-electron chi connectivity index (χ0n) is 9.73. The van der Waals surface area contributed by atoms with Crippen molar-refractivity contribution in [3.8, 4) is 0 Å². The van der Waals surface area contributed by atoms with E-state index < -0.39 is 5.60 Å². The van der Waals surface area contributed by atoms with Crippen LogP contribution in [-0.2, 0) is 0 Å². The second kappa shape index (κ2) is 3.95. The molecule has 92 valence electrons. The van der Waals surface area contributed by atoms with Crippen LogP contribution in [0.2, 0.25) is 0 Å². The van der Waals surface area contributed by atoms with Crippen molar-refractivity contribution in [2.24, 2.45) is 5.92 Å². The summed E-state index contributed by atoms with van der Waals surface area (Å²) in [5.74, 6) is 0.509. The first kappa shape index (κ1) is 11.0. The van der Waals surface area contributed by atoms with Gasteiger partial charge < -0.3 is 15.5 Å². The molecule has 1 saturated carbocycles. The molecule has 3 fully saturated rings. The van der Waals surface area contributed by atoms with E-state index in [1.807, 2.05) is 0 Å². The molecule has 2 saturated heterocycles. The summed E-state index contributed by atoms with van der Waals surface area (Å²) in [4.78, 5) is 2.24. The SMILES string of the molecule is O[C@@H]1CNC[C@H]1N1CC(O)(C2CCCC2)C1. The normalized spacial score (nSPS) is 40.1. The lowest BCUT2D eigenvalue weighted by Gasteiger charge is -2.52. The average Bonchev–Trinajstić information content (AvgIpc) is 2.83. The van der Waals surface area contributed by atoms with Gasteiger partial charge in [0.1, 0.15) is 0 Å². The van der Waals surface area contributed by atoms with Gasteiger partial charge in [0.25, 0.3) is 0 Å². The van der Waals surface area contributed by atoms with Crippen LogP contribution in [0.5, 0.6) is 0 Å². The molecule has 2 heterocycles. The Hall–Kier alpha value is -0.160. The van der Waals surface area contributed by atoms with Gasteiger partial charge in [-0.25, -0.2) is 0 Å². The van der Waals surface area contributed by atoms with Gasteiger partial charge in [-0.05, 0) is 18.8 Å². The van der Waals surface area contributed by atoms with Crippen molar-refractivity contribution in [3.05, 3.63) is 0 Å². The third kappa shape index (κ3) is 1.68. The largest absolute Gasteiger partial charge is 0.390 e. The Bertz CT molecular complexity index is 260. The van der Waals surface area contributed by atoms with Crippen molar-refractivity contribution in [2.75, 3.05) is 26.2 Å². The van der Waals surface area contributed by atoms with E-state index in [9.17, 15) is 10.2 Å². The van der Waals surface area contributed by atoms with E-state index in [0.717, 1.165) is 19.6 Å². The second-order valence-electron chi connectivity index (χ2n) is 5.78. The summed E-state index contributed by atoms with van der Waals surface area (Å²) in [6.07, 6.45) is 4.68. The molecule has 0 unspecified atom stereocenters. The topological polar surface area (TPSA) is 55.7 Å². The number of likely N-dealkylation sites (tertiary alicyclic amines) is 1. The van der Waals surface area contributed by atoms with Crippen molar-refractivity contribution in [2.45, 2.75) is 43.4 Å². The zero-order valence-corrected chi connectivity index (χ0v) is 9.73. The van der Waals surface area contributed by atoms with E-state index in [-0.39, 0.29) is 12.1 Å². The van der Waals surface area contributed by atoms with Crippen molar-refractivity contribution in [3.63, 3.8) is 0 Å². The van der Waals surface area contributed by atoms with Crippen molar-refractivity contribution < 1.29 is 10.2 Å². The number of aliphatic hydroxyl groups is 2. The molecule has 3 aliphatic rings. The maximum absolute atomic E-state index is 10.5. The molecule has 0 spiro atoms. The minimum atomic E-state index is -0.446. The second-order valence-corrected chi connectivity index (χ2v) is 5.78. The van der Waals surface area contributed by atoms with Gasteiger partial charge in [0.15, 0.2) is 0 Å². The average molecular weight is 226 g/mol. The molecule has 2 atom stereocenters. The van der Waals surface area contributed by atoms with E-state index in [1.54, 1.807) is 0 Å². The molecule has 1 aliphatic carbocycles. The summed E-state index contributed by atoms with van der Waals surface area (Å²) < 4.78 is 0. The van der Waals surface area contributed by atoms with Gasteiger partial charge in [0.05, 0.1) is 11.7 Å². The summed E-state index contributed by atoms with van der Waals surface area (Å²) in [5.41, 5.74) is -0.446. The first-order valence-electron chi connectivity index (χ1n) is 6.54. The highest BCUT2D eigenvalue weighted by molar-refractivity contribution is 5.06. The smallest absolute Gasteiger partial charge is 0.0928 e. The van der Waals surface area contributed by atoms with Crippen molar-refractivity contribution in [1.29, 1.82) is 0 Å². The standard InChI is InChI=1S/C12H22N2O2/c15-11-6-13-5-10(11)14-7-12(16,8-14)9-3-1-2-4-9/h9-11,13,15-16H,1-8H2/t10-,11-/m1/s1. The fourth-order valence-corrected chi connectivity index (χ4v) is 3.64. The van der Waals surface area contributed by atoms with Gasteiger partial charge in [-0.1, -0.05) is 12.8 Å². The molecule has 4 nitrogen and oxygen atoms in total. The quantitative estimate of drug-likeness (QED) is 0.597. The van der Waals surface area contributed by atoms with Gasteiger partial charge in [-0.3, -0.25) is 4.90 Å². The van der Waals surface area contributed by atoms with Gasteiger partial charge in [-0.2, -0.15) is 0 Å². The molecule has 3 N–H and O–H groups in total. The summed E-state index contributed by atoms with van der Waals surface area (Å²) in [6, 6.07) is 0.224. The molecule has 0 aromatic rings. The Morgan fingerprint density at radius 2 is 1.81 bits per heavy atom. The van der Waals surface area contributed by atoms with Gasteiger partial charge in [-0.15, -0.1) is 0 Å². The third-order valence-electron chi connectivity index (χ3n) is 4.69. The molecule has 0 bridgehead atoms. The number of hydrogen-bond acceptors (Lipinski definition) is 4. The molecule has 0 aromatic carbocycles. The van der Waals surface area contributed by atoms with E-state index >= 15 is 0 Å². The minimum Gasteiger partial charge on any atom is -0.390 e. The molecule has 0 amide bonds. The molecule has 4 heteroatoms. The first-order chi connectivity index (χ1) is 7.69. The fraction of sp³-hybridized carbons (Fsp3) is 1.00. The van der Waals surface area contributed by atoms with Crippen LogP contribution in [0.3, 0.4) is 0 Å². The first-order valence-corrected chi connectivity index (χ1v) is 6.54. The minimum absolute atomic E-state index is 0.224. The molecule has 2 aliphatic heterocycles.